The molecule has 0 aliphatic heterocycles. The van der Waals surface area contributed by atoms with Gasteiger partial charge in [-0.2, -0.15) is 33.7 Å². The van der Waals surface area contributed by atoms with Gasteiger partial charge in [0.2, 0.25) is 5.69 Å². The highest BCUT2D eigenvalue weighted by molar-refractivity contribution is 8.59. The van der Waals surface area contributed by atoms with Crippen LogP contribution in [-0.2, 0) is 74.7 Å². The first-order valence-electron chi connectivity index (χ1n) is 6.93. The van der Waals surface area contributed by atoms with E-state index in [0.29, 0.717) is 0 Å². The van der Waals surface area contributed by atoms with Gasteiger partial charge in [-0.3, -0.25) is 18.2 Å². The summed E-state index contributed by atoms with van der Waals surface area (Å²) in [6, 6.07) is 0. The maximum absolute atomic E-state index is 11.2. The van der Waals surface area contributed by atoms with E-state index in [4.69, 9.17) is 18.2 Å². The highest BCUT2D eigenvalue weighted by Crippen LogP contribution is 2.51. The molecule has 32 heavy (non-hydrogen) atoms. The van der Waals surface area contributed by atoms with E-state index >= 15 is 0 Å². The van der Waals surface area contributed by atoms with E-state index in [2.05, 4.69) is 45.3 Å². The van der Waals surface area contributed by atoms with E-state index < -0.39 is 83.9 Å². The van der Waals surface area contributed by atoms with Gasteiger partial charge in [-0.05, 0) is 11.8 Å². The van der Waals surface area contributed by atoms with E-state index in [1.165, 1.54) is 0 Å². The molecule has 1 fully saturated rings. The standard InChI is InChI=1S/C6H13O19PS6/c7-1-2(21-26(8,27)28)4(23-30(12,13)14)6(25-32(18,19)20)5(24-31(15,16)17)3(1)22-29(9,10)11/h1-7H,(H2,8,27,28)(H,9,10,11)(H,12,13,14)(H,15,16,17)(H,18,19,20). The lowest BCUT2D eigenvalue weighted by Gasteiger charge is -2.45. The van der Waals surface area contributed by atoms with Crippen LogP contribution in [0.1, 0.15) is 0 Å². The third-order valence-electron chi connectivity index (χ3n) is 3.16. The van der Waals surface area contributed by atoms with Crippen molar-refractivity contribution in [2.45, 2.75) is 36.6 Å². The van der Waals surface area contributed by atoms with E-state index in [1.54, 1.807) is 0 Å². The second kappa shape index (κ2) is 10.2. The number of thiol groups is 1. The molecule has 1 aliphatic rings. The van der Waals surface area contributed by atoms with E-state index in [-0.39, 0.29) is 0 Å². The van der Waals surface area contributed by atoms with Crippen molar-refractivity contribution in [3.63, 3.8) is 0 Å². The molecule has 1 aliphatic carbocycles. The van der Waals surface area contributed by atoms with Crippen LogP contribution in [0.4, 0.5) is 0 Å². The van der Waals surface area contributed by atoms with Gasteiger partial charge in [-0.15, -0.1) is 0 Å². The Morgan fingerprint density at radius 3 is 1.16 bits per heavy atom. The Kier molecular flexibility index (Phi) is 9.64. The highest BCUT2D eigenvalue weighted by Gasteiger charge is 2.59. The van der Waals surface area contributed by atoms with Crippen molar-refractivity contribution < 1.29 is 83.1 Å². The minimum atomic E-state index is -5.77. The first-order valence-corrected chi connectivity index (χ1v) is 16.2. The molecule has 0 amide bonds. The van der Waals surface area contributed by atoms with Crippen molar-refractivity contribution in [1.82, 2.24) is 0 Å². The summed E-state index contributed by atoms with van der Waals surface area (Å²) in [7, 11) is -22.9. The molecule has 26 heteroatoms. The fraction of sp³-hybridized carbons (Fsp3) is 1.00. The van der Waals surface area contributed by atoms with Crippen LogP contribution in [0.5, 0.6) is 0 Å². The molecule has 192 valence electrons. The lowest BCUT2D eigenvalue weighted by atomic mass is 9.85. The largest absolute Gasteiger partial charge is 0.397 e. The number of rotatable bonds is 10. The molecular weight excluding hydrogens is 599 g/mol. The quantitative estimate of drug-likeness (QED) is 0.0719. The first kappa shape index (κ1) is 30.4. The van der Waals surface area contributed by atoms with Crippen molar-refractivity contribution in [3.05, 3.63) is 0 Å². The predicted octanol–water partition coefficient (Wildman–Crippen LogP) is -3.36. The fourth-order valence-electron chi connectivity index (χ4n) is 2.42. The maximum Gasteiger partial charge on any atom is 0.397 e. The molecule has 6 N–H and O–H groups in total. The molecule has 0 aromatic heterocycles. The summed E-state index contributed by atoms with van der Waals surface area (Å²) in [5, 5.41) is 10.3. The van der Waals surface area contributed by atoms with Crippen molar-refractivity contribution in [2.24, 2.45) is 0 Å². The molecule has 7 atom stereocenters. The summed E-state index contributed by atoms with van der Waals surface area (Å²) < 4.78 is 145. The molecule has 0 bridgehead atoms. The lowest BCUT2D eigenvalue weighted by molar-refractivity contribution is -0.191. The first-order chi connectivity index (χ1) is 13.9. The highest BCUT2D eigenvalue weighted by atomic mass is 32.9. The molecule has 7 unspecified atom stereocenters. The van der Waals surface area contributed by atoms with Crippen LogP contribution in [0, 0.1) is 0 Å². The van der Waals surface area contributed by atoms with Gasteiger partial charge in [0.1, 0.15) is 36.6 Å². The van der Waals surface area contributed by atoms with Crippen LogP contribution in [0.25, 0.3) is 0 Å². The van der Waals surface area contributed by atoms with Crippen molar-refractivity contribution in [3.8, 4) is 0 Å². The summed E-state index contributed by atoms with van der Waals surface area (Å²) in [6.45, 7) is 0. The zero-order valence-corrected chi connectivity index (χ0v) is 20.3. The number of aliphatic hydroxyl groups is 1. The Morgan fingerprint density at radius 1 is 0.625 bits per heavy atom. The average Bonchev–Trinajstić information content (AvgIpc) is 2.45. The molecule has 19 nitrogen and oxygen atoms in total. The summed E-state index contributed by atoms with van der Waals surface area (Å²) in [6.07, 6.45) is -17.0. The van der Waals surface area contributed by atoms with Gasteiger partial charge in [0.05, 0.1) is 0 Å². The van der Waals surface area contributed by atoms with Gasteiger partial charge in [0.25, 0.3) is 0 Å². The van der Waals surface area contributed by atoms with E-state index in [9.17, 15) is 43.7 Å². The van der Waals surface area contributed by atoms with Crippen LogP contribution in [0.15, 0.2) is 0 Å². The Hall–Kier alpha value is 0.360. The third kappa shape index (κ3) is 10.7. The molecule has 0 aromatic rings. The Bertz CT molecular complexity index is 1150. The number of aliphatic hydroxyl groups excluding tert-OH is 1. The summed E-state index contributed by atoms with van der Waals surface area (Å²) >= 11 is 7.75. The van der Waals surface area contributed by atoms with Crippen molar-refractivity contribution in [1.29, 1.82) is 0 Å². The molecule has 0 spiro atoms. The second-order valence-electron chi connectivity index (χ2n) is 5.51. The predicted molar refractivity (Wildman–Crippen MR) is 102 cm³/mol. The Labute approximate surface area is 190 Å². The maximum atomic E-state index is 11.2. The van der Waals surface area contributed by atoms with E-state index in [0.717, 1.165) is 0 Å². The van der Waals surface area contributed by atoms with Crippen LogP contribution >= 0.6 is 17.9 Å². The van der Waals surface area contributed by atoms with Crippen LogP contribution in [0.3, 0.4) is 0 Å². The van der Waals surface area contributed by atoms with Crippen LogP contribution in [0.2, 0.25) is 0 Å². The van der Waals surface area contributed by atoms with E-state index in [1.807, 2.05) is 0 Å². The van der Waals surface area contributed by atoms with Crippen LogP contribution in [-0.4, -0.2) is 98.5 Å². The number of hydrogen-bond donors (Lipinski definition) is 7. The number of hydrogen-bond acceptors (Lipinski definition) is 15. The van der Waals surface area contributed by atoms with Crippen molar-refractivity contribution >= 4 is 71.3 Å². The molecule has 0 aromatic carbocycles. The molecule has 1 rings (SSSR count). The zero-order chi connectivity index (χ0) is 25.5. The Balaban J connectivity index is 3.84. The third-order valence-corrected chi connectivity index (χ3v) is 6.08. The van der Waals surface area contributed by atoms with Gasteiger partial charge in [-0.25, -0.2) is 16.7 Å². The average molecular weight is 613 g/mol. The molecular formula is C6H13O19PS6. The Morgan fingerprint density at radius 2 is 0.875 bits per heavy atom. The topological polar surface area (TPSA) is 304 Å². The van der Waals surface area contributed by atoms with Gasteiger partial charge >= 0.3 is 41.6 Å². The summed E-state index contributed by atoms with van der Waals surface area (Å²) in [5.41, 5.74) is -4.32. The normalized spacial score (nSPS) is 32.3. The smallest absolute Gasteiger partial charge is 0.387 e. The molecule has 0 saturated heterocycles. The second-order valence-corrected chi connectivity index (χ2v) is 14.8. The SMILES string of the molecule is O=S(=O)(O)OC1C(O)C(OP(O)(=S)S)C(OS(=O)(=O)O)C(OS(=O)(=O)O)C1OS(=O)(=O)O. The van der Waals surface area contributed by atoms with Gasteiger partial charge in [0, 0.05) is 0 Å². The summed E-state index contributed by atoms with van der Waals surface area (Å²) in [5.74, 6) is 0. The monoisotopic (exact) mass is 612 g/mol. The van der Waals surface area contributed by atoms with Crippen molar-refractivity contribution in [2.75, 3.05) is 0 Å². The van der Waals surface area contributed by atoms with Gasteiger partial charge in [-0.1, -0.05) is 12.2 Å². The zero-order valence-electron chi connectivity index (χ0n) is 14.4. The van der Waals surface area contributed by atoms with Crippen LogP contribution < -0.4 is 0 Å². The fourth-order valence-corrected chi connectivity index (χ4v) is 5.61. The minimum Gasteiger partial charge on any atom is -0.387 e. The molecule has 0 radical (unpaired) electrons. The molecule has 0 heterocycles. The van der Waals surface area contributed by atoms with Gasteiger partial charge in [0.15, 0.2) is 0 Å². The lowest BCUT2D eigenvalue weighted by Crippen LogP contribution is -2.67. The van der Waals surface area contributed by atoms with Gasteiger partial charge < -0.3 is 14.5 Å². The summed E-state index contributed by atoms with van der Waals surface area (Å²) in [4.78, 5) is 9.60. The minimum absolute atomic E-state index is 2.61. The molecule has 1 saturated carbocycles.